The fraction of sp³-hybridized carbons (Fsp3) is 0.800. The van der Waals surface area contributed by atoms with Crippen molar-refractivity contribution in [2.75, 3.05) is 20.1 Å². The van der Waals surface area contributed by atoms with E-state index in [1.165, 1.54) is 7.05 Å². The molecule has 0 fully saturated rings. The molecule has 0 spiro atoms. The van der Waals surface area contributed by atoms with Crippen molar-refractivity contribution in [2.45, 2.75) is 32.7 Å². The lowest BCUT2D eigenvalue weighted by Crippen LogP contribution is -2.48. The van der Waals surface area contributed by atoms with Crippen LogP contribution in [0.15, 0.2) is 0 Å². The molecule has 0 unspecified atom stereocenters. The summed E-state index contributed by atoms with van der Waals surface area (Å²) in [7, 11) is -2.60. The van der Waals surface area contributed by atoms with Gasteiger partial charge < -0.3 is 10.4 Å². The SMILES string of the molecule is CN(CCC(=O)O)S(=O)(=O)NCC(=O)NC(C)(C)C. The lowest BCUT2D eigenvalue weighted by Gasteiger charge is -2.21. The quantitative estimate of drug-likeness (QED) is 0.565. The highest BCUT2D eigenvalue weighted by Gasteiger charge is 2.20. The number of hydrogen-bond acceptors (Lipinski definition) is 4. The average molecular weight is 295 g/mol. The van der Waals surface area contributed by atoms with Crippen LogP contribution in [0, 0.1) is 0 Å². The molecule has 0 aliphatic heterocycles. The van der Waals surface area contributed by atoms with E-state index in [4.69, 9.17) is 5.11 Å². The van der Waals surface area contributed by atoms with E-state index in [0.717, 1.165) is 4.31 Å². The second kappa shape index (κ2) is 6.83. The van der Waals surface area contributed by atoms with Crippen LogP contribution in [0.2, 0.25) is 0 Å². The Morgan fingerprint density at radius 3 is 2.21 bits per heavy atom. The Morgan fingerprint density at radius 1 is 1.26 bits per heavy atom. The lowest BCUT2D eigenvalue weighted by molar-refractivity contribution is -0.137. The molecule has 0 atom stereocenters. The minimum absolute atomic E-state index is 0.161. The van der Waals surface area contributed by atoms with Gasteiger partial charge in [0.2, 0.25) is 5.91 Å². The zero-order chi connectivity index (χ0) is 15.3. The molecule has 0 aliphatic rings. The molecule has 0 aliphatic carbocycles. The Morgan fingerprint density at radius 2 is 1.79 bits per heavy atom. The third kappa shape index (κ3) is 8.51. The van der Waals surface area contributed by atoms with Gasteiger partial charge in [0, 0.05) is 19.1 Å². The van der Waals surface area contributed by atoms with Gasteiger partial charge in [-0.2, -0.15) is 17.4 Å². The largest absolute Gasteiger partial charge is 0.481 e. The summed E-state index contributed by atoms with van der Waals surface area (Å²) in [6, 6.07) is 0. The average Bonchev–Trinajstić information content (AvgIpc) is 2.20. The van der Waals surface area contributed by atoms with E-state index in [2.05, 4.69) is 10.0 Å². The number of nitrogens with one attached hydrogen (secondary N) is 2. The molecule has 0 heterocycles. The molecule has 0 saturated carbocycles. The first kappa shape index (κ1) is 17.8. The summed E-state index contributed by atoms with van der Waals surface area (Å²) in [5, 5.41) is 11.1. The molecule has 0 radical (unpaired) electrons. The molecule has 112 valence electrons. The minimum atomic E-state index is -3.85. The van der Waals surface area contributed by atoms with Gasteiger partial charge in [-0.15, -0.1) is 0 Å². The van der Waals surface area contributed by atoms with Gasteiger partial charge in [0.05, 0.1) is 13.0 Å². The molecule has 0 saturated heterocycles. The van der Waals surface area contributed by atoms with Crippen LogP contribution in [-0.4, -0.2) is 55.4 Å². The van der Waals surface area contributed by atoms with Crippen molar-refractivity contribution in [1.29, 1.82) is 0 Å². The molecule has 0 aromatic rings. The topological polar surface area (TPSA) is 116 Å². The third-order valence-electron chi connectivity index (χ3n) is 1.98. The van der Waals surface area contributed by atoms with Gasteiger partial charge in [-0.3, -0.25) is 9.59 Å². The van der Waals surface area contributed by atoms with E-state index in [0.29, 0.717) is 0 Å². The van der Waals surface area contributed by atoms with E-state index < -0.39 is 34.2 Å². The minimum Gasteiger partial charge on any atom is -0.481 e. The summed E-state index contributed by atoms with van der Waals surface area (Å²) < 4.78 is 26.3. The number of carbonyl (C=O) groups excluding carboxylic acids is 1. The Kier molecular flexibility index (Phi) is 6.40. The Balaban J connectivity index is 4.30. The standard InChI is InChI=1S/C10H21N3O5S/c1-10(2,3)12-8(14)7-11-19(17,18)13(4)6-5-9(15)16/h11H,5-7H2,1-4H3,(H,12,14)(H,15,16). The number of aliphatic carboxylic acids is 1. The van der Waals surface area contributed by atoms with Gasteiger partial charge in [0.1, 0.15) is 0 Å². The van der Waals surface area contributed by atoms with Crippen molar-refractivity contribution in [2.24, 2.45) is 0 Å². The number of carboxylic acids is 1. The molecular weight excluding hydrogens is 274 g/mol. The Hall–Kier alpha value is -1.19. The van der Waals surface area contributed by atoms with Gasteiger partial charge in [0.25, 0.3) is 10.2 Å². The van der Waals surface area contributed by atoms with Gasteiger partial charge in [-0.25, -0.2) is 0 Å². The zero-order valence-electron chi connectivity index (χ0n) is 11.6. The van der Waals surface area contributed by atoms with Gasteiger partial charge in [-0.1, -0.05) is 0 Å². The molecule has 8 nitrogen and oxygen atoms in total. The molecule has 0 aromatic heterocycles. The molecule has 0 bridgehead atoms. The first-order valence-electron chi connectivity index (χ1n) is 5.68. The molecule has 3 N–H and O–H groups in total. The fourth-order valence-electron chi connectivity index (χ4n) is 1.10. The van der Waals surface area contributed by atoms with Gasteiger partial charge >= 0.3 is 5.97 Å². The normalized spacial score (nSPS) is 12.5. The zero-order valence-corrected chi connectivity index (χ0v) is 12.4. The predicted octanol–water partition coefficient (Wildman–Crippen LogP) is -0.858. The van der Waals surface area contributed by atoms with Crippen LogP contribution in [0.3, 0.4) is 0 Å². The van der Waals surface area contributed by atoms with Crippen molar-refractivity contribution in [3.05, 3.63) is 0 Å². The predicted molar refractivity (Wildman–Crippen MR) is 69.7 cm³/mol. The smallest absolute Gasteiger partial charge is 0.304 e. The number of amides is 1. The number of carboxylic acid groups (broad SMARTS) is 1. The van der Waals surface area contributed by atoms with E-state index in [9.17, 15) is 18.0 Å². The highest BCUT2D eigenvalue weighted by atomic mass is 32.2. The summed E-state index contributed by atoms with van der Waals surface area (Å²) in [5.74, 6) is -1.55. The highest BCUT2D eigenvalue weighted by Crippen LogP contribution is 1.98. The summed E-state index contributed by atoms with van der Waals surface area (Å²) in [6.45, 7) is 4.78. The number of nitrogens with zero attached hydrogens (tertiary/aromatic N) is 1. The number of carbonyl (C=O) groups is 2. The fourth-order valence-corrected chi connectivity index (χ4v) is 1.97. The maximum atomic E-state index is 11.7. The third-order valence-corrected chi connectivity index (χ3v) is 3.49. The number of rotatable bonds is 7. The van der Waals surface area contributed by atoms with Crippen LogP contribution in [-0.2, 0) is 19.8 Å². The van der Waals surface area contributed by atoms with Crippen molar-refractivity contribution in [1.82, 2.24) is 14.3 Å². The molecular formula is C10H21N3O5S. The van der Waals surface area contributed by atoms with Gasteiger partial charge in [0.15, 0.2) is 0 Å². The van der Waals surface area contributed by atoms with Crippen LogP contribution >= 0.6 is 0 Å². The highest BCUT2D eigenvalue weighted by molar-refractivity contribution is 7.87. The van der Waals surface area contributed by atoms with Crippen molar-refractivity contribution in [3.63, 3.8) is 0 Å². The lowest BCUT2D eigenvalue weighted by atomic mass is 10.1. The van der Waals surface area contributed by atoms with Crippen molar-refractivity contribution in [3.8, 4) is 0 Å². The monoisotopic (exact) mass is 295 g/mol. The maximum absolute atomic E-state index is 11.7. The molecule has 19 heavy (non-hydrogen) atoms. The summed E-state index contributed by atoms with van der Waals surface area (Å²) in [4.78, 5) is 21.8. The van der Waals surface area contributed by atoms with E-state index in [1.54, 1.807) is 20.8 Å². The Bertz CT molecular complexity index is 427. The van der Waals surface area contributed by atoms with Crippen LogP contribution in [0.5, 0.6) is 0 Å². The van der Waals surface area contributed by atoms with Crippen LogP contribution in [0.25, 0.3) is 0 Å². The first-order chi connectivity index (χ1) is 8.44. The second-order valence-electron chi connectivity index (χ2n) is 5.09. The van der Waals surface area contributed by atoms with Crippen LogP contribution < -0.4 is 10.0 Å². The Labute approximate surface area is 113 Å². The maximum Gasteiger partial charge on any atom is 0.304 e. The second-order valence-corrected chi connectivity index (χ2v) is 6.95. The van der Waals surface area contributed by atoms with E-state index >= 15 is 0 Å². The number of hydrogen-bond donors (Lipinski definition) is 3. The van der Waals surface area contributed by atoms with E-state index in [1.807, 2.05) is 0 Å². The summed E-state index contributed by atoms with van der Waals surface area (Å²) in [6.07, 6.45) is -0.300. The van der Waals surface area contributed by atoms with E-state index in [-0.39, 0.29) is 13.0 Å². The van der Waals surface area contributed by atoms with Crippen molar-refractivity contribution < 1.29 is 23.1 Å². The first-order valence-corrected chi connectivity index (χ1v) is 7.12. The molecule has 0 rings (SSSR count). The summed E-state index contributed by atoms with van der Waals surface area (Å²) >= 11 is 0. The van der Waals surface area contributed by atoms with Crippen LogP contribution in [0.4, 0.5) is 0 Å². The molecule has 0 aromatic carbocycles. The van der Waals surface area contributed by atoms with Crippen LogP contribution in [0.1, 0.15) is 27.2 Å². The molecule has 9 heteroatoms. The summed E-state index contributed by atoms with van der Waals surface area (Å²) in [5.41, 5.74) is -0.447. The van der Waals surface area contributed by atoms with Gasteiger partial charge in [-0.05, 0) is 20.8 Å². The van der Waals surface area contributed by atoms with Crippen molar-refractivity contribution >= 4 is 22.1 Å². The molecule has 1 amide bonds.